The van der Waals surface area contributed by atoms with Gasteiger partial charge in [-0.1, -0.05) is 12.1 Å². The van der Waals surface area contributed by atoms with Gasteiger partial charge in [0, 0.05) is 25.1 Å². The van der Waals surface area contributed by atoms with E-state index >= 15 is 0 Å². The van der Waals surface area contributed by atoms with E-state index in [4.69, 9.17) is 9.47 Å². The summed E-state index contributed by atoms with van der Waals surface area (Å²) in [4.78, 5) is 24.9. The Labute approximate surface area is 128 Å². The van der Waals surface area contributed by atoms with E-state index in [9.17, 15) is 14.9 Å². The molecule has 3 rings (SSSR count). The fourth-order valence-electron chi connectivity index (χ4n) is 3.05. The molecule has 7 nitrogen and oxygen atoms in total. The van der Waals surface area contributed by atoms with Gasteiger partial charge in [0.25, 0.3) is 11.6 Å². The maximum Gasteiger partial charge on any atom is 0.282 e. The monoisotopic (exact) mass is 306 g/mol. The van der Waals surface area contributed by atoms with Gasteiger partial charge in [0.15, 0.2) is 6.29 Å². The molecule has 0 aliphatic carbocycles. The Bertz CT molecular complexity index is 571. The molecular weight excluding hydrogens is 288 g/mol. The number of nitrogens with zero attached hydrogens (tertiary/aromatic N) is 2. The minimum Gasteiger partial charge on any atom is -0.350 e. The molecule has 0 unspecified atom stereocenters. The molecule has 2 fully saturated rings. The second-order valence-electron chi connectivity index (χ2n) is 5.54. The van der Waals surface area contributed by atoms with Gasteiger partial charge in [-0.15, -0.1) is 0 Å². The number of benzene rings is 1. The van der Waals surface area contributed by atoms with Crippen molar-refractivity contribution in [2.24, 2.45) is 5.92 Å². The molecule has 0 bridgehead atoms. The zero-order valence-corrected chi connectivity index (χ0v) is 12.1. The minimum absolute atomic E-state index is 0.128. The molecule has 1 amide bonds. The third-order valence-electron chi connectivity index (χ3n) is 4.11. The molecule has 0 radical (unpaired) electrons. The lowest BCUT2D eigenvalue weighted by Gasteiger charge is -2.34. The Balaban J connectivity index is 1.75. The molecule has 0 N–H and O–H groups in total. The van der Waals surface area contributed by atoms with Crippen LogP contribution in [0.2, 0.25) is 0 Å². The van der Waals surface area contributed by atoms with Gasteiger partial charge in [0.1, 0.15) is 5.56 Å². The predicted octanol–water partition coefficient (Wildman–Crippen LogP) is 1.82. The second-order valence-corrected chi connectivity index (χ2v) is 5.54. The van der Waals surface area contributed by atoms with Crippen LogP contribution in [-0.4, -0.2) is 48.3 Å². The number of hydrogen-bond acceptors (Lipinski definition) is 5. The summed E-state index contributed by atoms with van der Waals surface area (Å²) in [6, 6.07) is 6.07. The van der Waals surface area contributed by atoms with Crippen LogP contribution in [0.15, 0.2) is 24.3 Å². The SMILES string of the molecule is O=C(c1ccccc1[N+](=O)[O-])N1CCC[C@H](C2OCCO2)C1. The van der Waals surface area contributed by atoms with Crippen LogP contribution in [-0.2, 0) is 9.47 Å². The van der Waals surface area contributed by atoms with Gasteiger partial charge in [0.2, 0.25) is 0 Å². The normalized spacial score (nSPS) is 22.7. The van der Waals surface area contributed by atoms with Crippen molar-refractivity contribution in [1.29, 1.82) is 0 Å². The molecular formula is C15H18N2O5. The molecule has 0 aromatic heterocycles. The van der Waals surface area contributed by atoms with Gasteiger partial charge < -0.3 is 14.4 Å². The van der Waals surface area contributed by atoms with Crippen molar-refractivity contribution in [3.8, 4) is 0 Å². The summed E-state index contributed by atoms with van der Waals surface area (Å²) in [6.45, 7) is 2.28. The van der Waals surface area contributed by atoms with Crippen LogP contribution >= 0.6 is 0 Å². The van der Waals surface area contributed by atoms with Crippen LogP contribution in [0.4, 0.5) is 5.69 Å². The van der Waals surface area contributed by atoms with Crippen molar-refractivity contribution in [2.75, 3.05) is 26.3 Å². The number of nitro groups is 1. The fourth-order valence-corrected chi connectivity index (χ4v) is 3.05. The Morgan fingerprint density at radius 2 is 2.00 bits per heavy atom. The van der Waals surface area contributed by atoms with E-state index in [-0.39, 0.29) is 29.4 Å². The maximum absolute atomic E-state index is 12.6. The number of para-hydroxylation sites is 1. The average molecular weight is 306 g/mol. The molecule has 1 aromatic rings. The van der Waals surface area contributed by atoms with Crippen molar-refractivity contribution in [3.05, 3.63) is 39.9 Å². The van der Waals surface area contributed by atoms with E-state index in [1.54, 1.807) is 17.0 Å². The first-order chi connectivity index (χ1) is 10.7. The highest BCUT2D eigenvalue weighted by Gasteiger charge is 2.34. The number of likely N-dealkylation sites (tertiary alicyclic amines) is 1. The molecule has 0 saturated carbocycles. The van der Waals surface area contributed by atoms with Crippen molar-refractivity contribution in [2.45, 2.75) is 19.1 Å². The number of amides is 1. The number of piperidine rings is 1. The lowest BCUT2D eigenvalue weighted by atomic mass is 9.96. The van der Waals surface area contributed by atoms with Crippen molar-refractivity contribution >= 4 is 11.6 Å². The van der Waals surface area contributed by atoms with E-state index < -0.39 is 4.92 Å². The summed E-state index contributed by atoms with van der Waals surface area (Å²) >= 11 is 0. The number of nitro benzene ring substituents is 1. The van der Waals surface area contributed by atoms with Gasteiger partial charge in [-0.05, 0) is 18.9 Å². The van der Waals surface area contributed by atoms with E-state index in [2.05, 4.69) is 0 Å². The smallest absolute Gasteiger partial charge is 0.282 e. The largest absolute Gasteiger partial charge is 0.350 e. The van der Waals surface area contributed by atoms with Crippen LogP contribution in [0, 0.1) is 16.0 Å². The standard InChI is InChI=1S/C15H18N2O5/c18-14(12-5-1-2-6-13(12)17(19)20)16-7-3-4-11(10-16)15-21-8-9-22-15/h1-2,5-6,11,15H,3-4,7-10H2/t11-/m0/s1. The predicted molar refractivity (Wildman–Crippen MR) is 77.4 cm³/mol. The molecule has 2 aliphatic rings. The maximum atomic E-state index is 12.6. The molecule has 0 spiro atoms. The Hall–Kier alpha value is -1.99. The summed E-state index contributed by atoms with van der Waals surface area (Å²) < 4.78 is 11.0. The summed E-state index contributed by atoms with van der Waals surface area (Å²) in [5, 5.41) is 11.1. The molecule has 22 heavy (non-hydrogen) atoms. The van der Waals surface area contributed by atoms with Crippen LogP contribution < -0.4 is 0 Å². The lowest BCUT2D eigenvalue weighted by Crippen LogP contribution is -2.44. The summed E-state index contributed by atoms with van der Waals surface area (Å²) in [6.07, 6.45) is 1.52. The van der Waals surface area contributed by atoms with Crippen LogP contribution in [0.25, 0.3) is 0 Å². The average Bonchev–Trinajstić information content (AvgIpc) is 3.09. The van der Waals surface area contributed by atoms with Gasteiger partial charge in [-0.25, -0.2) is 0 Å². The fraction of sp³-hybridized carbons (Fsp3) is 0.533. The first kappa shape index (κ1) is 14.9. The Morgan fingerprint density at radius 1 is 1.27 bits per heavy atom. The van der Waals surface area contributed by atoms with Crippen molar-refractivity contribution < 1.29 is 19.2 Å². The third-order valence-corrected chi connectivity index (χ3v) is 4.11. The summed E-state index contributed by atoms with van der Waals surface area (Å²) in [7, 11) is 0. The topological polar surface area (TPSA) is 81.9 Å². The molecule has 1 atom stereocenters. The van der Waals surface area contributed by atoms with E-state index in [1.165, 1.54) is 12.1 Å². The Morgan fingerprint density at radius 3 is 2.73 bits per heavy atom. The molecule has 2 heterocycles. The van der Waals surface area contributed by atoms with E-state index in [0.717, 1.165) is 12.8 Å². The zero-order chi connectivity index (χ0) is 15.5. The summed E-state index contributed by atoms with van der Waals surface area (Å²) in [5.41, 5.74) is -0.00982. The number of ether oxygens (including phenoxy) is 2. The van der Waals surface area contributed by atoms with E-state index in [0.29, 0.717) is 26.3 Å². The Kier molecular flexibility index (Phi) is 4.35. The van der Waals surface area contributed by atoms with Gasteiger partial charge in [0.05, 0.1) is 18.1 Å². The van der Waals surface area contributed by atoms with Crippen molar-refractivity contribution in [1.82, 2.24) is 4.90 Å². The number of rotatable bonds is 3. The molecule has 1 aromatic carbocycles. The van der Waals surface area contributed by atoms with E-state index in [1.807, 2.05) is 0 Å². The first-order valence-electron chi connectivity index (χ1n) is 7.42. The molecule has 7 heteroatoms. The number of hydrogen-bond donors (Lipinski definition) is 0. The zero-order valence-electron chi connectivity index (χ0n) is 12.1. The van der Waals surface area contributed by atoms with Gasteiger partial charge in [-0.3, -0.25) is 14.9 Å². The highest BCUT2D eigenvalue weighted by atomic mass is 16.7. The van der Waals surface area contributed by atoms with Crippen LogP contribution in [0.1, 0.15) is 23.2 Å². The summed E-state index contributed by atoms with van der Waals surface area (Å²) in [5.74, 6) is -0.169. The highest BCUT2D eigenvalue weighted by Crippen LogP contribution is 2.27. The lowest BCUT2D eigenvalue weighted by molar-refractivity contribution is -0.385. The quantitative estimate of drug-likeness (QED) is 0.628. The second kappa shape index (κ2) is 6.41. The molecule has 2 saturated heterocycles. The van der Waals surface area contributed by atoms with Crippen LogP contribution in [0.5, 0.6) is 0 Å². The van der Waals surface area contributed by atoms with Crippen LogP contribution in [0.3, 0.4) is 0 Å². The number of carbonyl (C=O) groups excluding carboxylic acids is 1. The first-order valence-corrected chi connectivity index (χ1v) is 7.42. The minimum atomic E-state index is -0.516. The molecule has 2 aliphatic heterocycles. The number of carbonyl (C=O) groups is 1. The van der Waals surface area contributed by atoms with Gasteiger partial charge in [-0.2, -0.15) is 0 Å². The third kappa shape index (κ3) is 2.95. The molecule has 118 valence electrons. The van der Waals surface area contributed by atoms with Gasteiger partial charge >= 0.3 is 0 Å². The van der Waals surface area contributed by atoms with Crippen molar-refractivity contribution in [3.63, 3.8) is 0 Å². The highest BCUT2D eigenvalue weighted by molar-refractivity contribution is 5.98.